The molecule has 2 nitrogen and oxygen atoms in total. The van der Waals surface area contributed by atoms with Gasteiger partial charge in [-0.15, -0.1) is 0 Å². The van der Waals surface area contributed by atoms with Gasteiger partial charge >= 0.3 is 0 Å². The highest BCUT2D eigenvalue weighted by molar-refractivity contribution is 5.94. The van der Waals surface area contributed by atoms with Crippen LogP contribution in [0, 0.1) is 0 Å². The number of amides is 1. The summed E-state index contributed by atoms with van der Waals surface area (Å²) in [6, 6.07) is 8.75. The molecule has 2 saturated carbocycles. The fourth-order valence-electron chi connectivity index (χ4n) is 4.24. The van der Waals surface area contributed by atoms with Crippen LogP contribution in [0.5, 0.6) is 0 Å². The first-order valence-electron chi connectivity index (χ1n) is 9.74. The van der Waals surface area contributed by atoms with Crippen molar-refractivity contribution in [3.05, 3.63) is 35.4 Å². The first kappa shape index (κ1) is 16.5. The van der Waals surface area contributed by atoms with E-state index in [2.05, 4.69) is 23.5 Å². The van der Waals surface area contributed by atoms with Gasteiger partial charge in [0.2, 0.25) is 0 Å². The Morgan fingerprint density at radius 1 is 0.826 bits per heavy atom. The van der Waals surface area contributed by atoms with Crippen LogP contribution in [0.15, 0.2) is 24.3 Å². The zero-order valence-electron chi connectivity index (χ0n) is 14.4. The normalized spacial score (nSPS) is 21.4. The Balaban J connectivity index is 1.61. The zero-order valence-corrected chi connectivity index (χ0v) is 14.4. The van der Waals surface area contributed by atoms with Gasteiger partial charge in [-0.05, 0) is 49.3 Å². The fraction of sp³-hybridized carbons (Fsp3) is 0.667. The van der Waals surface area contributed by atoms with Gasteiger partial charge in [0, 0.05) is 11.6 Å². The van der Waals surface area contributed by atoms with E-state index in [9.17, 15) is 4.79 Å². The molecular formula is C21H31NO. The Labute approximate surface area is 141 Å². The van der Waals surface area contributed by atoms with Crippen molar-refractivity contribution in [3.8, 4) is 0 Å². The summed E-state index contributed by atoms with van der Waals surface area (Å²) in [5.41, 5.74) is 2.22. The van der Waals surface area contributed by atoms with Gasteiger partial charge in [-0.25, -0.2) is 0 Å². The van der Waals surface area contributed by atoms with Crippen molar-refractivity contribution >= 4 is 5.91 Å². The van der Waals surface area contributed by atoms with Gasteiger partial charge in [0.15, 0.2) is 0 Å². The topological polar surface area (TPSA) is 29.1 Å². The molecule has 0 heterocycles. The molecule has 3 rings (SSSR count). The lowest BCUT2D eigenvalue weighted by Gasteiger charge is -2.18. The summed E-state index contributed by atoms with van der Waals surface area (Å²) < 4.78 is 0. The average molecular weight is 313 g/mol. The monoisotopic (exact) mass is 313 g/mol. The summed E-state index contributed by atoms with van der Waals surface area (Å²) in [6.45, 7) is 0. The lowest BCUT2D eigenvalue weighted by molar-refractivity contribution is 0.0932. The Bertz CT molecular complexity index is 494. The summed E-state index contributed by atoms with van der Waals surface area (Å²) in [7, 11) is 0. The first-order chi connectivity index (χ1) is 11.3. The van der Waals surface area contributed by atoms with Crippen molar-refractivity contribution in [1.82, 2.24) is 5.32 Å². The van der Waals surface area contributed by atoms with Gasteiger partial charge < -0.3 is 5.32 Å². The summed E-state index contributed by atoms with van der Waals surface area (Å²) in [5.74, 6) is 0.807. The molecule has 0 unspecified atom stereocenters. The molecule has 1 aromatic carbocycles. The highest BCUT2D eigenvalue weighted by Crippen LogP contribution is 2.34. The Morgan fingerprint density at radius 2 is 1.43 bits per heavy atom. The predicted octanol–water partition coefficient (Wildman–Crippen LogP) is 5.58. The third-order valence-corrected chi connectivity index (χ3v) is 5.67. The second-order valence-corrected chi connectivity index (χ2v) is 7.48. The molecule has 0 atom stereocenters. The quantitative estimate of drug-likeness (QED) is 0.775. The maximum absolute atomic E-state index is 12.7. The third kappa shape index (κ3) is 4.83. The van der Waals surface area contributed by atoms with Crippen LogP contribution in [0.1, 0.15) is 98.9 Å². The lowest BCUT2D eigenvalue weighted by Crippen LogP contribution is -2.34. The van der Waals surface area contributed by atoms with Crippen molar-refractivity contribution < 1.29 is 4.79 Å². The molecule has 1 amide bonds. The Kier molecular flexibility index (Phi) is 6.13. The minimum atomic E-state index is 0.133. The van der Waals surface area contributed by atoms with Crippen molar-refractivity contribution in [1.29, 1.82) is 0 Å². The van der Waals surface area contributed by atoms with Crippen LogP contribution < -0.4 is 5.32 Å². The third-order valence-electron chi connectivity index (χ3n) is 5.67. The van der Waals surface area contributed by atoms with E-state index in [4.69, 9.17) is 0 Å². The van der Waals surface area contributed by atoms with Crippen molar-refractivity contribution in [2.24, 2.45) is 0 Å². The summed E-state index contributed by atoms with van der Waals surface area (Å²) in [5, 5.41) is 3.31. The van der Waals surface area contributed by atoms with Crippen LogP contribution in [-0.2, 0) is 0 Å². The lowest BCUT2D eigenvalue weighted by atomic mass is 9.95. The molecule has 1 aromatic rings. The molecule has 0 aromatic heterocycles. The number of carbonyl (C=O) groups is 1. The molecule has 0 spiro atoms. The summed E-state index contributed by atoms with van der Waals surface area (Å²) in [6.07, 6.45) is 15.4. The van der Waals surface area contributed by atoms with Crippen LogP contribution in [0.2, 0.25) is 0 Å². The Morgan fingerprint density at radius 3 is 2.13 bits per heavy atom. The molecule has 1 N–H and O–H groups in total. The minimum Gasteiger partial charge on any atom is -0.349 e. The molecule has 2 aliphatic carbocycles. The highest BCUT2D eigenvalue weighted by Gasteiger charge is 2.19. The SMILES string of the molecule is O=C(NC1CCCCCCCC1)c1cccc(C2CCCC2)c1. The minimum absolute atomic E-state index is 0.133. The average Bonchev–Trinajstić information content (AvgIpc) is 3.13. The van der Waals surface area contributed by atoms with Crippen molar-refractivity contribution in [2.75, 3.05) is 0 Å². The van der Waals surface area contributed by atoms with Crippen LogP contribution in [0.4, 0.5) is 0 Å². The van der Waals surface area contributed by atoms with E-state index < -0.39 is 0 Å². The molecule has 23 heavy (non-hydrogen) atoms. The molecule has 0 bridgehead atoms. The second kappa shape index (κ2) is 8.52. The molecule has 0 aliphatic heterocycles. The smallest absolute Gasteiger partial charge is 0.251 e. The van der Waals surface area contributed by atoms with E-state index in [1.807, 2.05) is 6.07 Å². The van der Waals surface area contributed by atoms with E-state index in [1.165, 1.54) is 69.8 Å². The number of hydrogen-bond donors (Lipinski definition) is 1. The number of benzene rings is 1. The number of rotatable bonds is 3. The van der Waals surface area contributed by atoms with Crippen molar-refractivity contribution in [3.63, 3.8) is 0 Å². The van der Waals surface area contributed by atoms with Gasteiger partial charge in [-0.2, -0.15) is 0 Å². The molecule has 2 heteroatoms. The molecule has 2 fully saturated rings. The van der Waals surface area contributed by atoms with Crippen LogP contribution >= 0.6 is 0 Å². The highest BCUT2D eigenvalue weighted by atomic mass is 16.1. The van der Waals surface area contributed by atoms with Crippen LogP contribution in [0.3, 0.4) is 0 Å². The van der Waals surface area contributed by atoms with E-state index in [0.717, 1.165) is 18.4 Å². The van der Waals surface area contributed by atoms with Gasteiger partial charge in [0.05, 0.1) is 0 Å². The van der Waals surface area contributed by atoms with Gasteiger partial charge in [0.1, 0.15) is 0 Å². The molecule has 2 aliphatic rings. The largest absolute Gasteiger partial charge is 0.349 e. The van der Waals surface area contributed by atoms with Crippen LogP contribution in [-0.4, -0.2) is 11.9 Å². The second-order valence-electron chi connectivity index (χ2n) is 7.48. The van der Waals surface area contributed by atoms with Gasteiger partial charge in [-0.3, -0.25) is 4.79 Å². The van der Waals surface area contributed by atoms with Crippen LogP contribution in [0.25, 0.3) is 0 Å². The zero-order chi connectivity index (χ0) is 15.9. The molecule has 126 valence electrons. The molecule has 0 radical (unpaired) electrons. The van der Waals surface area contributed by atoms with Gasteiger partial charge in [0.25, 0.3) is 5.91 Å². The van der Waals surface area contributed by atoms with E-state index in [0.29, 0.717) is 12.0 Å². The number of hydrogen-bond acceptors (Lipinski definition) is 1. The number of nitrogens with one attached hydrogen (secondary N) is 1. The summed E-state index contributed by atoms with van der Waals surface area (Å²) in [4.78, 5) is 12.7. The predicted molar refractivity (Wildman–Crippen MR) is 95.8 cm³/mol. The van der Waals surface area contributed by atoms with E-state index >= 15 is 0 Å². The maximum atomic E-state index is 12.7. The van der Waals surface area contributed by atoms with Gasteiger partial charge in [-0.1, -0.05) is 63.5 Å². The first-order valence-corrected chi connectivity index (χ1v) is 9.74. The van der Waals surface area contributed by atoms with E-state index in [1.54, 1.807) is 0 Å². The Hall–Kier alpha value is -1.31. The number of carbonyl (C=O) groups excluding carboxylic acids is 1. The standard InChI is InChI=1S/C21H31NO/c23-21(22-20-14-5-3-1-2-4-6-15-20)19-13-9-12-18(16-19)17-10-7-8-11-17/h9,12-13,16-17,20H,1-8,10-11,14-15H2,(H,22,23). The maximum Gasteiger partial charge on any atom is 0.251 e. The van der Waals surface area contributed by atoms with E-state index in [-0.39, 0.29) is 5.91 Å². The molecular weight excluding hydrogens is 282 g/mol. The summed E-state index contributed by atoms with van der Waals surface area (Å²) >= 11 is 0. The molecule has 0 saturated heterocycles. The fourth-order valence-corrected chi connectivity index (χ4v) is 4.24. The van der Waals surface area contributed by atoms with Crippen molar-refractivity contribution in [2.45, 2.75) is 89.0 Å².